The number of rotatable bonds is 1. The van der Waals surface area contributed by atoms with Crippen LogP contribution in [0.5, 0.6) is 0 Å². The maximum Gasteiger partial charge on any atom is 0.153 e. The molecular formula is C5H5NOS. The number of hydrogen-bond acceptors (Lipinski definition) is 3. The van der Waals surface area contributed by atoms with E-state index in [2.05, 4.69) is 0 Å². The molecule has 0 saturated heterocycles. The van der Waals surface area contributed by atoms with E-state index in [1.54, 1.807) is 11.4 Å². The lowest BCUT2D eigenvalue weighted by molar-refractivity contribution is 0.112. The molecule has 0 aliphatic rings. The second-order valence-electron chi connectivity index (χ2n) is 1.36. The Labute approximate surface area is 50.9 Å². The molecule has 1 aromatic rings. The second kappa shape index (κ2) is 1.96. The number of carbonyl (C=O) groups excluding carboxylic acids is 1. The van der Waals surface area contributed by atoms with Gasteiger partial charge in [0.2, 0.25) is 0 Å². The first-order chi connectivity index (χ1) is 3.84. The standard InChI is InChI=1S/C5H5NOS/c6-5-4(3-7)1-2-8-5/h1-3H,6H2. The Kier molecular flexibility index (Phi) is 1.30. The molecule has 2 N–H and O–H groups in total. The molecule has 0 bridgehead atoms. The lowest BCUT2D eigenvalue weighted by Gasteiger charge is -1.80. The van der Waals surface area contributed by atoms with Crippen LogP contribution < -0.4 is 5.73 Å². The Balaban J connectivity index is 3.09. The molecule has 8 heavy (non-hydrogen) atoms. The van der Waals surface area contributed by atoms with Crippen molar-refractivity contribution in [3.8, 4) is 0 Å². The molecule has 1 heterocycles. The van der Waals surface area contributed by atoms with E-state index in [4.69, 9.17) is 5.73 Å². The van der Waals surface area contributed by atoms with Gasteiger partial charge in [-0.05, 0) is 11.4 Å². The minimum atomic E-state index is 0.593. The quantitative estimate of drug-likeness (QED) is 0.575. The summed E-state index contributed by atoms with van der Waals surface area (Å²) in [6, 6.07) is 1.70. The summed E-state index contributed by atoms with van der Waals surface area (Å²) in [6.07, 6.45) is 0.756. The zero-order valence-electron chi connectivity index (χ0n) is 4.13. The van der Waals surface area contributed by atoms with Crippen molar-refractivity contribution in [1.29, 1.82) is 0 Å². The highest BCUT2D eigenvalue weighted by Crippen LogP contribution is 2.15. The molecule has 0 atom stereocenters. The van der Waals surface area contributed by atoms with Crippen molar-refractivity contribution < 1.29 is 4.79 Å². The summed E-state index contributed by atoms with van der Waals surface area (Å²) < 4.78 is 0. The van der Waals surface area contributed by atoms with Crippen LogP contribution in [0.2, 0.25) is 0 Å². The smallest absolute Gasteiger partial charge is 0.153 e. The molecule has 0 aromatic carbocycles. The Morgan fingerprint density at radius 1 is 1.75 bits per heavy atom. The fourth-order valence-electron chi connectivity index (χ4n) is 0.428. The van der Waals surface area contributed by atoms with Crippen LogP contribution in [-0.2, 0) is 0 Å². The third-order valence-electron chi connectivity index (χ3n) is 0.854. The van der Waals surface area contributed by atoms with Crippen molar-refractivity contribution >= 4 is 22.6 Å². The van der Waals surface area contributed by atoms with E-state index >= 15 is 0 Å². The van der Waals surface area contributed by atoms with E-state index < -0.39 is 0 Å². The number of nitrogens with two attached hydrogens (primary N) is 1. The van der Waals surface area contributed by atoms with Gasteiger partial charge in [0.1, 0.15) is 0 Å². The lowest BCUT2D eigenvalue weighted by atomic mass is 10.4. The number of carbonyl (C=O) groups is 1. The lowest BCUT2D eigenvalue weighted by Crippen LogP contribution is -1.83. The minimum absolute atomic E-state index is 0.593. The predicted molar refractivity (Wildman–Crippen MR) is 34.1 cm³/mol. The number of nitrogen functional groups attached to an aromatic ring is 1. The van der Waals surface area contributed by atoms with Crippen LogP contribution in [0.3, 0.4) is 0 Å². The van der Waals surface area contributed by atoms with Crippen molar-refractivity contribution in [1.82, 2.24) is 0 Å². The second-order valence-corrected chi connectivity index (χ2v) is 2.31. The molecule has 0 aliphatic heterocycles. The average Bonchev–Trinajstić information content (AvgIpc) is 2.14. The summed E-state index contributed by atoms with van der Waals surface area (Å²) in [6.45, 7) is 0. The normalized spacial score (nSPS) is 9.00. The SMILES string of the molecule is Nc1sccc1C=O. The predicted octanol–water partition coefficient (Wildman–Crippen LogP) is 1.14. The first kappa shape index (κ1) is 5.31. The topological polar surface area (TPSA) is 43.1 Å². The number of anilines is 1. The molecule has 2 nitrogen and oxygen atoms in total. The zero-order valence-corrected chi connectivity index (χ0v) is 4.94. The van der Waals surface area contributed by atoms with Gasteiger partial charge in [-0.3, -0.25) is 4.79 Å². The van der Waals surface area contributed by atoms with E-state index in [9.17, 15) is 4.79 Å². The van der Waals surface area contributed by atoms with Gasteiger partial charge in [0.25, 0.3) is 0 Å². The number of aldehydes is 1. The summed E-state index contributed by atoms with van der Waals surface area (Å²) in [5.41, 5.74) is 5.93. The van der Waals surface area contributed by atoms with Gasteiger partial charge in [0.05, 0.1) is 5.00 Å². The summed E-state index contributed by atoms with van der Waals surface area (Å²) in [4.78, 5) is 10.0. The first-order valence-electron chi connectivity index (χ1n) is 2.12. The molecule has 42 valence electrons. The van der Waals surface area contributed by atoms with E-state index in [0.29, 0.717) is 10.6 Å². The summed E-state index contributed by atoms with van der Waals surface area (Å²) in [5.74, 6) is 0. The molecule has 0 aliphatic carbocycles. The fraction of sp³-hybridized carbons (Fsp3) is 0. The first-order valence-corrected chi connectivity index (χ1v) is 3.00. The van der Waals surface area contributed by atoms with E-state index in [1.807, 2.05) is 0 Å². The van der Waals surface area contributed by atoms with Gasteiger partial charge in [-0.25, -0.2) is 0 Å². The van der Waals surface area contributed by atoms with Crippen LogP contribution in [0, 0.1) is 0 Å². The maximum atomic E-state index is 10.0. The summed E-state index contributed by atoms with van der Waals surface area (Å²) in [7, 11) is 0. The monoisotopic (exact) mass is 127 g/mol. The molecule has 0 fully saturated rings. The highest BCUT2D eigenvalue weighted by molar-refractivity contribution is 7.14. The molecule has 0 radical (unpaired) electrons. The highest BCUT2D eigenvalue weighted by Gasteiger charge is 1.94. The van der Waals surface area contributed by atoms with Crippen LogP contribution in [0.25, 0.3) is 0 Å². The minimum Gasteiger partial charge on any atom is -0.390 e. The van der Waals surface area contributed by atoms with Gasteiger partial charge in [0, 0.05) is 5.56 Å². The van der Waals surface area contributed by atoms with Crippen LogP contribution in [0.1, 0.15) is 10.4 Å². The molecule has 0 amide bonds. The van der Waals surface area contributed by atoms with Crippen molar-refractivity contribution in [3.05, 3.63) is 17.0 Å². The van der Waals surface area contributed by atoms with Crippen molar-refractivity contribution in [2.45, 2.75) is 0 Å². The largest absolute Gasteiger partial charge is 0.390 e. The van der Waals surface area contributed by atoms with Crippen molar-refractivity contribution in [2.75, 3.05) is 5.73 Å². The molecule has 1 rings (SSSR count). The van der Waals surface area contributed by atoms with E-state index in [0.717, 1.165) is 6.29 Å². The molecule has 0 spiro atoms. The Morgan fingerprint density at radius 2 is 2.50 bits per heavy atom. The maximum absolute atomic E-state index is 10.0. The van der Waals surface area contributed by atoms with Gasteiger partial charge in [0.15, 0.2) is 6.29 Å². The number of hydrogen-bond donors (Lipinski definition) is 1. The van der Waals surface area contributed by atoms with Crippen molar-refractivity contribution in [2.24, 2.45) is 0 Å². The van der Waals surface area contributed by atoms with Gasteiger partial charge in [-0.2, -0.15) is 0 Å². The molecule has 3 heteroatoms. The average molecular weight is 127 g/mol. The van der Waals surface area contributed by atoms with Crippen LogP contribution >= 0.6 is 11.3 Å². The van der Waals surface area contributed by atoms with Gasteiger partial charge < -0.3 is 5.73 Å². The third kappa shape index (κ3) is 0.721. The fourth-order valence-corrected chi connectivity index (χ4v) is 1.04. The Morgan fingerprint density at radius 3 is 2.75 bits per heavy atom. The molecule has 0 unspecified atom stereocenters. The van der Waals surface area contributed by atoms with Crippen LogP contribution in [0.15, 0.2) is 11.4 Å². The Bertz CT molecular complexity index is 194. The molecule has 1 aromatic heterocycles. The zero-order chi connectivity index (χ0) is 5.98. The van der Waals surface area contributed by atoms with E-state index in [1.165, 1.54) is 11.3 Å². The summed E-state index contributed by atoms with van der Waals surface area (Å²) in [5, 5.41) is 2.39. The third-order valence-corrected chi connectivity index (χ3v) is 1.62. The molecule has 0 saturated carbocycles. The van der Waals surface area contributed by atoms with Gasteiger partial charge in [-0.15, -0.1) is 11.3 Å². The number of thiophene rings is 1. The Hall–Kier alpha value is -0.830. The highest BCUT2D eigenvalue weighted by atomic mass is 32.1. The summed E-state index contributed by atoms with van der Waals surface area (Å²) >= 11 is 1.38. The van der Waals surface area contributed by atoms with Crippen LogP contribution in [0.4, 0.5) is 5.00 Å². The molecular weight excluding hydrogens is 122 g/mol. The van der Waals surface area contributed by atoms with Crippen LogP contribution in [-0.4, -0.2) is 6.29 Å². The van der Waals surface area contributed by atoms with E-state index in [-0.39, 0.29) is 0 Å². The van der Waals surface area contributed by atoms with Gasteiger partial charge >= 0.3 is 0 Å². The van der Waals surface area contributed by atoms with Gasteiger partial charge in [-0.1, -0.05) is 0 Å². The van der Waals surface area contributed by atoms with Crippen molar-refractivity contribution in [3.63, 3.8) is 0 Å².